The van der Waals surface area contributed by atoms with E-state index in [1.165, 1.54) is 4.90 Å². The summed E-state index contributed by atoms with van der Waals surface area (Å²) in [4.78, 5) is 12.7. The molecule has 0 aliphatic rings. The van der Waals surface area contributed by atoms with E-state index >= 15 is 0 Å². The van der Waals surface area contributed by atoms with E-state index in [9.17, 15) is 4.79 Å². The fourth-order valence-electron chi connectivity index (χ4n) is 0.648. The van der Waals surface area contributed by atoms with Crippen molar-refractivity contribution in [3.8, 4) is 0 Å². The van der Waals surface area contributed by atoms with Crippen LogP contribution in [0.1, 0.15) is 6.92 Å². The van der Waals surface area contributed by atoms with E-state index in [4.69, 9.17) is 5.73 Å². The lowest BCUT2D eigenvalue weighted by Crippen LogP contribution is -2.41. The van der Waals surface area contributed by atoms with E-state index in [0.29, 0.717) is 5.75 Å². The summed E-state index contributed by atoms with van der Waals surface area (Å²) >= 11 is 1.69. The van der Waals surface area contributed by atoms with Crippen molar-refractivity contribution in [2.24, 2.45) is 5.73 Å². The first-order valence-electron chi connectivity index (χ1n) is 3.64. The molecule has 1 amide bonds. The van der Waals surface area contributed by atoms with Crippen molar-refractivity contribution in [1.82, 2.24) is 4.90 Å². The van der Waals surface area contributed by atoms with Crippen LogP contribution in [0.15, 0.2) is 0 Å². The third kappa shape index (κ3) is 4.27. The average molecular weight is 176 g/mol. The molecule has 0 heterocycles. The zero-order valence-corrected chi connectivity index (χ0v) is 8.15. The molecule has 0 saturated carbocycles. The minimum Gasteiger partial charge on any atom is -0.347 e. The molecule has 0 rings (SSSR count). The summed E-state index contributed by atoms with van der Waals surface area (Å²) < 4.78 is 0. The number of nitrogens with zero attached hydrogens (tertiary/aromatic N) is 1. The highest BCUT2D eigenvalue weighted by molar-refractivity contribution is 7.99. The zero-order chi connectivity index (χ0) is 8.85. The molecule has 0 aromatic rings. The van der Waals surface area contributed by atoms with Crippen molar-refractivity contribution in [1.29, 1.82) is 0 Å². The summed E-state index contributed by atoms with van der Waals surface area (Å²) in [6.45, 7) is 2.05. The predicted octanol–water partition coefficient (Wildman–Crippen LogP) is 0.155. The molecule has 0 bridgehead atoms. The smallest absolute Gasteiger partial charge is 0.239 e. The predicted molar refractivity (Wildman–Crippen MR) is 49.7 cm³/mol. The van der Waals surface area contributed by atoms with Gasteiger partial charge in [-0.05, 0) is 5.75 Å². The minimum atomic E-state index is -0.338. The second-order valence-electron chi connectivity index (χ2n) is 2.50. The van der Waals surface area contributed by atoms with E-state index in [2.05, 4.69) is 6.92 Å². The molecule has 0 aromatic carbocycles. The molecule has 4 heteroatoms. The molecule has 11 heavy (non-hydrogen) atoms. The number of nitrogens with two attached hydrogens (primary N) is 1. The van der Waals surface area contributed by atoms with Crippen molar-refractivity contribution < 1.29 is 4.79 Å². The van der Waals surface area contributed by atoms with E-state index < -0.39 is 0 Å². The Morgan fingerprint density at radius 2 is 2.18 bits per heavy atom. The molecule has 0 unspecified atom stereocenters. The molecule has 1 atom stereocenters. The maximum Gasteiger partial charge on any atom is 0.239 e. The number of carbonyl (C=O) groups is 1. The van der Waals surface area contributed by atoms with Crippen molar-refractivity contribution in [3.05, 3.63) is 0 Å². The van der Waals surface area contributed by atoms with Crippen molar-refractivity contribution in [2.75, 3.05) is 25.6 Å². The summed E-state index contributed by atoms with van der Waals surface area (Å²) in [5.74, 6) is 1.73. The van der Waals surface area contributed by atoms with Gasteiger partial charge in [0.25, 0.3) is 0 Å². The quantitative estimate of drug-likeness (QED) is 0.663. The Morgan fingerprint density at radius 1 is 1.64 bits per heavy atom. The average Bonchev–Trinajstić information content (AvgIpc) is 1.98. The van der Waals surface area contributed by atoms with Gasteiger partial charge in [-0.2, -0.15) is 11.8 Å². The number of amides is 1. The topological polar surface area (TPSA) is 46.3 Å². The fraction of sp³-hybridized carbons (Fsp3) is 0.857. The number of likely N-dealkylation sites (N-methyl/N-ethyl adjacent to an activating group) is 1. The molecule has 0 aromatic heterocycles. The van der Waals surface area contributed by atoms with Gasteiger partial charge in [0.15, 0.2) is 0 Å². The highest BCUT2D eigenvalue weighted by Crippen LogP contribution is 2.01. The molecule has 66 valence electrons. The molecular formula is C7H16N2OS. The van der Waals surface area contributed by atoms with Crippen LogP contribution in [0, 0.1) is 0 Å². The van der Waals surface area contributed by atoms with Gasteiger partial charge in [-0.25, -0.2) is 0 Å². The Labute approximate surface area is 72.3 Å². The number of hydrogen-bond acceptors (Lipinski definition) is 3. The SMILES string of the molecule is CCSC[C@H](N)C(=O)N(C)C. The Morgan fingerprint density at radius 3 is 2.55 bits per heavy atom. The van der Waals surface area contributed by atoms with Gasteiger partial charge in [0.2, 0.25) is 5.91 Å². The lowest BCUT2D eigenvalue weighted by molar-refractivity contribution is -0.129. The van der Waals surface area contributed by atoms with Gasteiger partial charge >= 0.3 is 0 Å². The van der Waals surface area contributed by atoms with E-state index in [1.54, 1.807) is 25.9 Å². The number of hydrogen-bond donors (Lipinski definition) is 1. The third-order valence-corrected chi connectivity index (χ3v) is 2.26. The lowest BCUT2D eigenvalue weighted by Gasteiger charge is -2.15. The summed E-state index contributed by atoms with van der Waals surface area (Å²) in [6, 6.07) is -0.338. The zero-order valence-electron chi connectivity index (χ0n) is 7.33. The number of carbonyl (C=O) groups excluding carboxylic acids is 1. The van der Waals surface area contributed by atoms with E-state index in [-0.39, 0.29) is 11.9 Å². The first kappa shape index (κ1) is 10.8. The molecule has 0 aliphatic heterocycles. The van der Waals surface area contributed by atoms with Crippen LogP contribution < -0.4 is 5.73 Å². The molecule has 0 aliphatic carbocycles. The van der Waals surface area contributed by atoms with Gasteiger partial charge in [-0.1, -0.05) is 6.92 Å². The summed E-state index contributed by atoms with van der Waals surface area (Å²) in [5, 5.41) is 0. The van der Waals surface area contributed by atoms with Crippen LogP contribution in [0.5, 0.6) is 0 Å². The molecule has 2 N–H and O–H groups in total. The highest BCUT2D eigenvalue weighted by atomic mass is 32.2. The van der Waals surface area contributed by atoms with Gasteiger partial charge in [-0.3, -0.25) is 4.79 Å². The van der Waals surface area contributed by atoms with Crippen LogP contribution in [0.4, 0.5) is 0 Å². The van der Waals surface area contributed by atoms with Gasteiger partial charge < -0.3 is 10.6 Å². The second kappa shape index (κ2) is 5.43. The summed E-state index contributed by atoms with van der Waals surface area (Å²) in [6.07, 6.45) is 0. The monoisotopic (exact) mass is 176 g/mol. The first-order valence-corrected chi connectivity index (χ1v) is 4.79. The molecule has 3 nitrogen and oxygen atoms in total. The van der Waals surface area contributed by atoms with Crippen LogP contribution in [-0.2, 0) is 4.79 Å². The molecule has 0 fully saturated rings. The Balaban J connectivity index is 3.64. The molecular weight excluding hydrogens is 160 g/mol. The van der Waals surface area contributed by atoms with Crippen LogP contribution >= 0.6 is 11.8 Å². The third-order valence-electron chi connectivity index (χ3n) is 1.26. The molecule has 0 radical (unpaired) electrons. The largest absolute Gasteiger partial charge is 0.347 e. The highest BCUT2D eigenvalue weighted by Gasteiger charge is 2.13. The van der Waals surface area contributed by atoms with Crippen LogP contribution in [-0.4, -0.2) is 42.4 Å². The second-order valence-corrected chi connectivity index (χ2v) is 3.82. The van der Waals surface area contributed by atoms with E-state index in [0.717, 1.165) is 5.75 Å². The fourth-order valence-corrected chi connectivity index (χ4v) is 1.28. The van der Waals surface area contributed by atoms with Crippen molar-refractivity contribution in [2.45, 2.75) is 13.0 Å². The summed E-state index contributed by atoms with van der Waals surface area (Å²) in [5.41, 5.74) is 5.59. The van der Waals surface area contributed by atoms with Gasteiger partial charge in [-0.15, -0.1) is 0 Å². The van der Waals surface area contributed by atoms with Gasteiger partial charge in [0.05, 0.1) is 6.04 Å². The van der Waals surface area contributed by atoms with Crippen LogP contribution in [0.2, 0.25) is 0 Å². The van der Waals surface area contributed by atoms with Crippen LogP contribution in [0.25, 0.3) is 0 Å². The Kier molecular flexibility index (Phi) is 5.32. The van der Waals surface area contributed by atoms with Gasteiger partial charge in [0, 0.05) is 19.8 Å². The van der Waals surface area contributed by atoms with Gasteiger partial charge in [0.1, 0.15) is 0 Å². The van der Waals surface area contributed by atoms with Crippen molar-refractivity contribution >= 4 is 17.7 Å². The minimum absolute atomic E-state index is 0.00551. The number of rotatable bonds is 4. The first-order chi connectivity index (χ1) is 5.09. The summed E-state index contributed by atoms with van der Waals surface area (Å²) in [7, 11) is 3.44. The molecule has 0 spiro atoms. The molecule has 0 saturated heterocycles. The van der Waals surface area contributed by atoms with Crippen molar-refractivity contribution in [3.63, 3.8) is 0 Å². The Bertz CT molecular complexity index is 128. The maximum atomic E-state index is 11.1. The van der Waals surface area contributed by atoms with Crippen LogP contribution in [0.3, 0.4) is 0 Å². The Hall–Kier alpha value is -0.220. The maximum absolute atomic E-state index is 11.1. The standard InChI is InChI=1S/C7H16N2OS/c1-4-11-5-6(8)7(10)9(2)3/h6H,4-5,8H2,1-3H3/t6-/m0/s1. The number of thioether (sulfide) groups is 1. The lowest BCUT2D eigenvalue weighted by atomic mass is 10.3. The van der Waals surface area contributed by atoms with E-state index in [1.807, 2.05) is 0 Å². The normalized spacial score (nSPS) is 12.7.